The molecule has 1 nitrogen and oxygen atoms in total. The zero-order valence-electron chi connectivity index (χ0n) is 9.94. The lowest BCUT2D eigenvalue weighted by atomic mass is 10.1. The van der Waals surface area contributed by atoms with Crippen LogP contribution in [0.15, 0.2) is 0 Å². The monoisotopic (exact) mass is 215 g/mol. The Labute approximate surface area is 93.4 Å². The van der Waals surface area contributed by atoms with Crippen molar-refractivity contribution < 1.29 is 0 Å². The molecule has 0 saturated carbocycles. The second-order valence-corrected chi connectivity index (χ2v) is 6.22. The Morgan fingerprint density at radius 2 is 1.93 bits per heavy atom. The Bertz CT molecular complexity index is 156. The van der Waals surface area contributed by atoms with Gasteiger partial charge in [0.05, 0.1) is 5.37 Å². The van der Waals surface area contributed by atoms with Crippen LogP contribution in [-0.2, 0) is 0 Å². The molecule has 0 aromatic rings. The highest BCUT2D eigenvalue weighted by Crippen LogP contribution is 2.29. The van der Waals surface area contributed by atoms with Crippen molar-refractivity contribution in [1.29, 1.82) is 0 Å². The lowest BCUT2D eigenvalue weighted by Gasteiger charge is -2.18. The number of hydrogen-bond donors (Lipinski definition) is 1. The number of hydrogen-bond acceptors (Lipinski definition) is 2. The summed E-state index contributed by atoms with van der Waals surface area (Å²) in [6.45, 7) is 6.88. The van der Waals surface area contributed by atoms with Crippen molar-refractivity contribution in [3.8, 4) is 0 Å². The average molecular weight is 215 g/mol. The van der Waals surface area contributed by atoms with Crippen LogP contribution in [0.3, 0.4) is 0 Å². The van der Waals surface area contributed by atoms with Crippen molar-refractivity contribution >= 4 is 11.8 Å². The summed E-state index contributed by atoms with van der Waals surface area (Å²) in [5.74, 6) is 1.27. The van der Waals surface area contributed by atoms with E-state index in [1.54, 1.807) is 0 Å². The maximum Gasteiger partial charge on any atom is 0.0537 e. The molecule has 0 amide bonds. The summed E-state index contributed by atoms with van der Waals surface area (Å²) in [5.41, 5.74) is 0.374. The van der Waals surface area contributed by atoms with E-state index in [-0.39, 0.29) is 0 Å². The molecule has 1 aliphatic rings. The molecule has 1 saturated heterocycles. The van der Waals surface area contributed by atoms with Crippen LogP contribution in [0.4, 0.5) is 0 Å². The van der Waals surface area contributed by atoms with E-state index in [4.69, 9.17) is 0 Å². The molecule has 14 heavy (non-hydrogen) atoms. The third kappa shape index (κ3) is 4.70. The predicted octanol–water partition coefficient (Wildman–Crippen LogP) is 3.79. The van der Waals surface area contributed by atoms with Crippen molar-refractivity contribution in [3.63, 3.8) is 0 Å². The Kier molecular flexibility index (Phi) is 5.32. The summed E-state index contributed by atoms with van der Waals surface area (Å²) < 4.78 is 0. The van der Waals surface area contributed by atoms with Crippen molar-refractivity contribution in [2.24, 2.45) is 0 Å². The fourth-order valence-electron chi connectivity index (χ4n) is 1.92. The van der Waals surface area contributed by atoms with Crippen LogP contribution in [0.25, 0.3) is 0 Å². The van der Waals surface area contributed by atoms with Gasteiger partial charge >= 0.3 is 0 Å². The maximum absolute atomic E-state index is 3.68. The van der Waals surface area contributed by atoms with Crippen molar-refractivity contribution in [1.82, 2.24) is 5.32 Å². The molecule has 1 fully saturated rings. The van der Waals surface area contributed by atoms with Crippen LogP contribution in [0.1, 0.15) is 59.3 Å². The maximum atomic E-state index is 3.68. The van der Waals surface area contributed by atoms with Gasteiger partial charge in [-0.1, -0.05) is 39.0 Å². The number of rotatable bonds is 6. The minimum Gasteiger partial charge on any atom is -0.299 e. The van der Waals surface area contributed by atoms with Gasteiger partial charge in [0.1, 0.15) is 0 Å². The van der Waals surface area contributed by atoms with E-state index in [9.17, 15) is 0 Å². The second-order valence-electron chi connectivity index (χ2n) is 5.03. The molecule has 1 atom stereocenters. The average Bonchev–Trinajstić information content (AvgIpc) is 2.45. The second kappa shape index (κ2) is 6.02. The summed E-state index contributed by atoms with van der Waals surface area (Å²) >= 11 is 2.10. The number of unbranched alkanes of at least 4 members (excludes halogenated alkanes) is 4. The fraction of sp³-hybridized carbons (Fsp3) is 1.00. The van der Waals surface area contributed by atoms with Gasteiger partial charge in [0.15, 0.2) is 0 Å². The van der Waals surface area contributed by atoms with E-state index in [2.05, 4.69) is 37.8 Å². The Balaban J connectivity index is 1.98. The van der Waals surface area contributed by atoms with E-state index < -0.39 is 0 Å². The summed E-state index contributed by atoms with van der Waals surface area (Å²) in [7, 11) is 0. The van der Waals surface area contributed by atoms with E-state index in [0.717, 1.165) is 5.37 Å². The first-order valence-electron chi connectivity index (χ1n) is 6.03. The molecule has 0 aromatic carbocycles. The smallest absolute Gasteiger partial charge is 0.0537 e. The summed E-state index contributed by atoms with van der Waals surface area (Å²) in [5, 5.41) is 4.41. The van der Waals surface area contributed by atoms with Crippen LogP contribution in [-0.4, -0.2) is 16.7 Å². The molecule has 1 rings (SSSR count). The molecule has 1 unspecified atom stereocenters. The van der Waals surface area contributed by atoms with Crippen LogP contribution in [0.2, 0.25) is 0 Å². The van der Waals surface area contributed by atoms with Crippen LogP contribution in [0, 0.1) is 0 Å². The van der Waals surface area contributed by atoms with Crippen molar-refractivity contribution in [2.75, 3.05) is 5.75 Å². The topological polar surface area (TPSA) is 12.0 Å². The highest BCUT2D eigenvalue weighted by molar-refractivity contribution is 8.00. The van der Waals surface area contributed by atoms with Gasteiger partial charge in [0, 0.05) is 11.3 Å². The molecule has 0 aliphatic carbocycles. The standard InChI is InChI=1S/C12H25NS/c1-4-5-6-7-8-9-11-13-12(2,3)10-14-11/h11,13H,4-10H2,1-3H3. The Morgan fingerprint density at radius 3 is 2.50 bits per heavy atom. The van der Waals surface area contributed by atoms with Crippen molar-refractivity contribution in [3.05, 3.63) is 0 Å². The molecule has 1 aliphatic heterocycles. The number of thioether (sulfide) groups is 1. The molecule has 0 spiro atoms. The molecule has 1 heterocycles. The highest BCUT2D eigenvalue weighted by Gasteiger charge is 2.29. The molecule has 0 aromatic heterocycles. The van der Waals surface area contributed by atoms with E-state index in [1.807, 2.05) is 0 Å². The minimum atomic E-state index is 0.374. The molecule has 0 radical (unpaired) electrons. The van der Waals surface area contributed by atoms with Gasteiger partial charge in [-0.3, -0.25) is 5.32 Å². The van der Waals surface area contributed by atoms with Crippen molar-refractivity contribution in [2.45, 2.75) is 70.2 Å². The normalized spacial score (nSPS) is 25.5. The lowest BCUT2D eigenvalue weighted by Crippen LogP contribution is -2.38. The Morgan fingerprint density at radius 1 is 1.21 bits per heavy atom. The molecule has 1 N–H and O–H groups in total. The largest absolute Gasteiger partial charge is 0.299 e. The van der Waals surface area contributed by atoms with Gasteiger partial charge in [-0.2, -0.15) is 0 Å². The van der Waals surface area contributed by atoms with Gasteiger partial charge in [0.2, 0.25) is 0 Å². The van der Waals surface area contributed by atoms with Gasteiger partial charge < -0.3 is 0 Å². The quantitative estimate of drug-likeness (QED) is 0.677. The van der Waals surface area contributed by atoms with E-state index >= 15 is 0 Å². The van der Waals surface area contributed by atoms with E-state index in [0.29, 0.717) is 5.54 Å². The molecular weight excluding hydrogens is 190 g/mol. The fourth-order valence-corrected chi connectivity index (χ4v) is 3.35. The van der Waals surface area contributed by atoms with Gasteiger partial charge in [-0.05, 0) is 20.3 Å². The third-order valence-corrected chi connectivity index (χ3v) is 4.41. The highest BCUT2D eigenvalue weighted by atomic mass is 32.2. The molecular formula is C12H25NS. The zero-order chi connectivity index (χ0) is 10.4. The first kappa shape index (κ1) is 12.4. The summed E-state index contributed by atoms with van der Waals surface area (Å²) in [6, 6.07) is 0. The summed E-state index contributed by atoms with van der Waals surface area (Å²) in [6.07, 6.45) is 8.38. The zero-order valence-corrected chi connectivity index (χ0v) is 10.8. The van der Waals surface area contributed by atoms with Crippen LogP contribution in [0.5, 0.6) is 0 Å². The molecule has 0 bridgehead atoms. The minimum absolute atomic E-state index is 0.374. The lowest BCUT2D eigenvalue weighted by molar-refractivity contribution is 0.428. The molecule has 2 heteroatoms. The third-order valence-electron chi connectivity index (χ3n) is 2.77. The summed E-state index contributed by atoms with van der Waals surface area (Å²) in [4.78, 5) is 0. The van der Waals surface area contributed by atoms with Gasteiger partial charge in [-0.25, -0.2) is 0 Å². The van der Waals surface area contributed by atoms with E-state index in [1.165, 1.54) is 44.3 Å². The first-order valence-corrected chi connectivity index (χ1v) is 7.08. The van der Waals surface area contributed by atoms with Gasteiger partial charge in [0.25, 0.3) is 0 Å². The SMILES string of the molecule is CCCCCCCC1NC(C)(C)CS1. The van der Waals surface area contributed by atoms with Crippen LogP contribution < -0.4 is 5.32 Å². The predicted molar refractivity (Wildman–Crippen MR) is 66.8 cm³/mol. The first-order chi connectivity index (χ1) is 6.64. The Hall–Kier alpha value is 0.310. The number of nitrogens with one attached hydrogen (secondary N) is 1. The van der Waals surface area contributed by atoms with Gasteiger partial charge in [-0.15, -0.1) is 11.8 Å². The van der Waals surface area contributed by atoms with Crippen LogP contribution >= 0.6 is 11.8 Å². The molecule has 84 valence electrons.